The van der Waals surface area contributed by atoms with Gasteiger partial charge in [-0.15, -0.1) is 0 Å². The van der Waals surface area contributed by atoms with Crippen molar-refractivity contribution in [3.05, 3.63) is 71.4 Å². The van der Waals surface area contributed by atoms with Crippen molar-refractivity contribution in [2.24, 2.45) is 17.9 Å². The van der Waals surface area contributed by atoms with Crippen LogP contribution in [0.3, 0.4) is 0 Å². The van der Waals surface area contributed by atoms with E-state index in [2.05, 4.69) is 115 Å². The Labute approximate surface area is 220 Å². The van der Waals surface area contributed by atoms with Crippen molar-refractivity contribution in [2.75, 3.05) is 0 Å². The van der Waals surface area contributed by atoms with Gasteiger partial charge in [0.1, 0.15) is 18.2 Å². The van der Waals surface area contributed by atoms with Gasteiger partial charge in [0, 0.05) is 22.4 Å². The van der Waals surface area contributed by atoms with Gasteiger partial charge in [-0.05, 0) is 52.5 Å². The smallest absolute Gasteiger partial charge is 0.234 e. The summed E-state index contributed by atoms with van der Waals surface area (Å²) in [7, 11) is 2.14. The molecule has 0 amide bonds. The Hall–Kier alpha value is -3.46. The van der Waals surface area contributed by atoms with Crippen molar-refractivity contribution in [2.45, 2.75) is 61.3 Å². The molecule has 0 aliphatic carbocycles. The van der Waals surface area contributed by atoms with E-state index in [1.165, 1.54) is 49.5 Å². The van der Waals surface area contributed by atoms with E-state index in [1.807, 2.05) is 0 Å². The van der Waals surface area contributed by atoms with Crippen LogP contribution in [0, 0.1) is 17.8 Å². The van der Waals surface area contributed by atoms with Crippen LogP contribution in [0.4, 0.5) is 0 Å². The van der Waals surface area contributed by atoms with E-state index in [0.717, 1.165) is 35.4 Å². The molecule has 0 atom stereocenters. The molecular weight excluding hydrogens is 452 g/mol. The zero-order chi connectivity index (χ0) is 26.3. The number of fused-ring (bicyclic) bond motifs is 5. The molecule has 0 spiro atoms. The normalized spacial score (nSPS) is 13.3. The molecule has 3 heterocycles. The SMILES string of the molecule is Cc1c2c(c(CC(C)(C)C)c3ccccc13)Oc1nc3c(CC(C)(C)C)cccc3c3cc[n+](C)c-2c13. The zero-order valence-corrected chi connectivity index (χ0v) is 23.4. The van der Waals surface area contributed by atoms with Gasteiger partial charge in [-0.3, -0.25) is 0 Å². The number of rotatable bonds is 2. The topological polar surface area (TPSA) is 26.0 Å². The Balaban J connectivity index is 1.76. The standard InChI is InChI=1S/C34H37N2O/c1-20-22-13-9-10-14-23(22)26(19-34(5,6)7)31-27(20)30-28-24(16-17-36(30)8)25-15-11-12-21(18-33(2,3)4)29(25)35-32(28)37-31/h9-17H,18-19H2,1-8H3/q+1. The quantitative estimate of drug-likeness (QED) is 0.180. The van der Waals surface area contributed by atoms with E-state index in [4.69, 9.17) is 9.72 Å². The first-order valence-electron chi connectivity index (χ1n) is 13.4. The van der Waals surface area contributed by atoms with Crippen molar-refractivity contribution in [3.8, 4) is 22.9 Å². The second kappa shape index (κ2) is 8.02. The van der Waals surface area contributed by atoms with E-state index in [-0.39, 0.29) is 10.8 Å². The lowest BCUT2D eigenvalue weighted by Crippen LogP contribution is -2.32. The highest BCUT2D eigenvalue weighted by atomic mass is 16.5. The molecule has 0 saturated carbocycles. The maximum Gasteiger partial charge on any atom is 0.234 e. The van der Waals surface area contributed by atoms with Gasteiger partial charge >= 0.3 is 0 Å². The number of hydrogen-bond acceptors (Lipinski definition) is 2. The average molecular weight is 490 g/mol. The Morgan fingerprint density at radius 1 is 0.784 bits per heavy atom. The Kier molecular flexibility index (Phi) is 5.18. The van der Waals surface area contributed by atoms with Gasteiger partial charge in [-0.25, -0.2) is 9.55 Å². The molecule has 5 aromatic rings. The van der Waals surface area contributed by atoms with E-state index < -0.39 is 0 Å². The molecule has 37 heavy (non-hydrogen) atoms. The van der Waals surface area contributed by atoms with Crippen molar-refractivity contribution < 1.29 is 9.30 Å². The number of aryl methyl sites for hydroxylation is 2. The summed E-state index contributed by atoms with van der Waals surface area (Å²) in [6.45, 7) is 16.0. The molecular formula is C34H37N2O+. The number of benzene rings is 3. The zero-order valence-electron chi connectivity index (χ0n) is 23.4. The van der Waals surface area contributed by atoms with Crippen LogP contribution in [0.5, 0.6) is 11.6 Å². The fourth-order valence-corrected chi connectivity index (χ4v) is 6.13. The summed E-state index contributed by atoms with van der Waals surface area (Å²) in [6, 6.07) is 17.6. The van der Waals surface area contributed by atoms with Crippen LogP contribution in [0.2, 0.25) is 0 Å². The van der Waals surface area contributed by atoms with Crippen molar-refractivity contribution in [3.63, 3.8) is 0 Å². The number of para-hydroxylation sites is 1. The van der Waals surface area contributed by atoms with Gasteiger partial charge in [-0.2, -0.15) is 0 Å². The van der Waals surface area contributed by atoms with Crippen molar-refractivity contribution in [1.29, 1.82) is 0 Å². The molecule has 1 aliphatic heterocycles. The first-order chi connectivity index (χ1) is 17.4. The van der Waals surface area contributed by atoms with Gasteiger partial charge in [0.2, 0.25) is 11.6 Å². The van der Waals surface area contributed by atoms with Gasteiger partial charge in [-0.1, -0.05) is 84.0 Å². The number of aromatic nitrogens is 2. The summed E-state index contributed by atoms with van der Waals surface area (Å²) in [6.07, 6.45) is 4.09. The summed E-state index contributed by atoms with van der Waals surface area (Å²) in [5, 5.41) is 6.09. The molecule has 6 rings (SSSR count). The highest BCUT2D eigenvalue weighted by molar-refractivity contribution is 6.14. The lowest BCUT2D eigenvalue weighted by Gasteiger charge is -2.28. The highest BCUT2D eigenvalue weighted by Crippen LogP contribution is 2.52. The van der Waals surface area contributed by atoms with Crippen molar-refractivity contribution >= 4 is 32.4 Å². The molecule has 0 N–H and O–H groups in total. The lowest BCUT2D eigenvalue weighted by atomic mass is 9.82. The number of hydrogen-bond donors (Lipinski definition) is 0. The molecule has 0 fully saturated rings. The molecule has 188 valence electrons. The predicted octanol–water partition coefficient (Wildman–Crippen LogP) is 8.62. The molecule has 3 nitrogen and oxygen atoms in total. The predicted molar refractivity (Wildman–Crippen MR) is 154 cm³/mol. The van der Waals surface area contributed by atoms with E-state index in [9.17, 15) is 0 Å². The van der Waals surface area contributed by atoms with Crippen LogP contribution in [0.1, 0.15) is 58.2 Å². The van der Waals surface area contributed by atoms with E-state index >= 15 is 0 Å². The highest BCUT2D eigenvalue weighted by Gasteiger charge is 2.35. The molecule has 3 aromatic carbocycles. The first-order valence-corrected chi connectivity index (χ1v) is 13.4. The summed E-state index contributed by atoms with van der Waals surface area (Å²) >= 11 is 0. The maximum atomic E-state index is 6.94. The summed E-state index contributed by atoms with van der Waals surface area (Å²) < 4.78 is 9.19. The summed E-state index contributed by atoms with van der Waals surface area (Å²) in [5.41, 5.74) is 7.54. The third-order valence-corrected chi connectivity index (χ3v) is 7.56. The molecule has 0 unspecified atom stereocenters. The van der Waals surface area contributed by atoms with Gasteiger partial charge < -0.3 is 4.74 Å². The average Bonchev–Trinajstić information content (AvgIpc) is 2.82. The van der Waals surface area contributed by atoms with Crippen LogP contribution >= 0.6 is 0 Å². The van der Waals surface area contributed by atoms with Crippen LogP contribution in [-0.2, 0) is 19.9 Å². The monoisotopic (exact) mass is 489 g/mol. The molecule has 1 aliphatic rings. The molecule has 2 aromatic heterocycles. The summed E-state index contributed by atoms with van der Waals surface area (Å²) in [4.78, 5) is 5.27. The molecule has 0 radical (unpaired) electrons. The van der Waals surface area contributed by atoms with Crippen LogP contribution in [-0.4, -0.2) is 4.98 Å². The fraction of sp³-hybridized carbons (Fsp3) is 0.353. The molecule has 3 heteroatoms. The molecule has 0 saturated heterocycles. The largest absolute Gasteiger partial charge is 0.437 e. The van der Waals surface area contributed by atoms with Crippen LogP contribution < -0.4 is 9.30 Å². The van der Waals surface area contributed by atoms with Gasteiger partial charge in [0.15, 0.2) is 6.20 Å². The second-order valence-corrected chi connectivity index (χ2v) is 13.2. The number of pyridine rings is 2. The maximum absolute atomic E-state index is 6.94. The minimum absolute atomic E-state index is 0.111. The lowest BCUT2D eigenvalue weighted by molar-refractivity contribution is -0.659. The minimum Gasteiger partial charge on any atom is -0.437 e. The van der Waals surface area contributed by atoms with E-state index in [1.54, 1.807) is 0 Å². The number of nitrogens with zero attached hydrogens (tertiary/aromatic N) is 2. The third-order valence-electron chi connectivity index (χ3n) is 7.56. The van der Waals surface area contributed by atoms with Crippen LogP contribution in [0.25, 0.3) is 43.7 Å². The van der Waals surface area contributed by atoms with Crippen molar-refractivity contribution in [1.82, 2.24) is 4.98 Å². The Morgan fingerprint density at radius 3 is 2.16 bits per heavy atom. The Morgan fingerprint density at radius 2 is 1.46 bits per heavy atom. The minimum atomic E-state index is 0.111. The first kappa shape index (κ1) is 23.9. The molecule has 0 bridgehead atoms. The third kappa shape index (κ3) is 3.87. The summed E-state index contributed by atoms with van der Waals surface area (Å²) in [5.74, 6) is 1.70. The fourth-order valence-electron chi connectivity index (χ4n) is 6.13. The van der Waals surface area contributed by atoms with Crippen LogP contribution in [0.15, 0.2) is 54.7 Å². The van der Waals surface area contributed by atoms with Gasteiger partial charge in [0.25, 0.3) is 0 Å². The second-order valence-electron chi connectivity index (χ2n) is 13.2. The van der Waals surface area contributed by atoms with E-state index in [0.29, 0.717) is 0 Å². The van der Waals surface area contributed by atoms with Gasteiger partial charge in [0.05, 0.1) is 11.1 Å². The number of ether oxygens (including phenoxy) is 1. The Bertz CT molecular complexity index is 1730.